The summed E-state index contributed by atoms with van der Waals surface area (Å²) in [6.45, 7) is 1.56. The summed E-state index contributed by atoms with van der Waals surface area (Å²) in [5, 5.41) is 26.2. The van der Waals surface area contributed by atoms with Crippen molar-refractivity contribution in [2.24, 2.45) is 5.41 Å². The number of ether oxygens (including phenoxy) is 1. The summed E-state index contributed by atoms with van der Waals surface area (Å²) in [6, 6.07) is 14.6. The van der Waals surface area contributed by atoms with Crippen molar-refractivity contribution < 1.29 is 33.1 Å². The van der Waals surface area contributed by atoms with Gasteiger partial charge in [-0.05, 0) is 68.5 Å². The number of halogens is 2. The second-order valence-electron chi connectivity index (χ2n) is 15.7. The van der Waals surface area contributed by atoms with E-state index in [0.29, 0.717) is 85.2 Å². The number of fused-ring (bicyclic) bond motifs is 1. The number of imide groups is 1. The van der Waals surface area contributed by atoms with Crippen LogP contribution in [0.5, 0.6) is 5.75 Å². The molecular formula is C43H45ClFN11O6S. The number of pyridine rings is 1. The fourth-order valence-corrected chi connectivity index (χ4v) is 8.89. The van der Waals surface area contributed by atoms with Crippen LogP contribution in [0.1, 0.15) is 72.3 Å². The van der Waals surface area contributed by atoms with Crippen LogP contribution in [0.25, 0.3) is 0 Å². The molecule has 0 bridgehead atoms. The van der Waals surface area contributed by atoms with Crippen molar-refractivity contribution in [1.29, 1.82) is 0 Å². The number of amides is 5. The fraction of sp³-hybridized carbons (Fsp3) is 0.372. The molecule has 1 saturated heterocycles. The average molecular weight is 898 g/mol. The van der Waals surface area contributed by atoms with Gasteiger partial charge in [-0.3, -0.25) is 29.3 Å². The third-order valence-electron chi connectivity index (χ3n) is 11.5. The van der Waals surface area contributed by atoms with Crippen molar-refractivity contribution in [1.82, 2.24) is 45.8 Å². The lowest BCUT2D eigenvalue weighted by molar-refractivity contribution is -0.137. The molecule has 1 atom stereocenters. The molecular weight excluding hydrogens is 853 g/mol. The topological polar surface area (TPSA) is 214 Å². The van der Waals surface area contributed by atoms with Gasteiger partial charge in [-0.25, -0.2) is 14.4 Å². The Bertz CT molecular complexity index is 2500. The lowest BCUT2D eigenvalue weighted by Gasteiger charge is -2.39. The number of rotatable bonds is 17. The molecule has 328 valence electrons. The first-order valence-electron chi connectivity index (χ1n) is 20.7. The highest BCUT2D eigenvalue weighted by atomic mass is 35.5. The molecule has 5 heterocycles. The number of hydrogen-bond acceptors (Lipinski definition) is 13. The lowest BCUT2D eigenvalue weighted by Crippen LogP contribution is -2.52. The minimum absolute atomic E-state index is 0.0141. The molecule has 3 aliphatic rings. The van der Waals surface area contributed by atoms with Crippen LogP contribution in [0, 0.1) is 11.2 Å². The Morgan fingerprint density at radius 2 is 1.84 bits per heavy atom. The van der Waals surface area contributed by atoms with Gasteiger partial charge in [0.1, 0.15) is 17.6 Å². The van der Waals surface area contributed by atoms with E-state index >= 15 is 0 Å². The predicted octanol–water partition coefficient (Wildman–Crippen LogP) is 4.91. The third kappa shape index (κ3) is 10.3. The molecule has 2 aromatic carbocycles. The summed E-state index contributed by atoms with van der Waals surface area (Å²) < 4.78 is 20.7. The van der Waals surface area contributed by atoms with Gasteiger partial charge in [0.2, 0.25) is 23.6 Å². The summed E-state index contributed by atoms with van der Waals surface area (Å²) >= 11 is 7.45. The van der Waals surface area contributed by atoms with Crippen LogP contribution in [0.3, 0.4) is 0 Å². The number of anilines is 3. The first kappa shape index (κ1) is 43.3. The average Bonchev–Trinajstić information content (AvgIpc) is 4.04. The fourth-order valence-electron chi connectivity index (χ4n) is 8.19. The van der Waals surface area contributed by atoms with E-state index in [1.54, 1.807) is 42.7 Å². The van der Waals surface area contributed by atoms with E-state index in [-0.39, 0.29) is 72.9 Å². The van der Waals surface area contributed by atoms with Gasteiger partial charge in [-0.1, -0.05) is 29.8 Å². The van der Waals surface area contributed by atoms with E-state index in [1.807, 2.05) is 23.6 Å². The highest BCUT2D eigenvalue weighted by molar-refractivity contribution is 7.13. The van der Waals surface area contributed by atoms with Gasteiger partial charge < -0.3 is 30.9 Å². The van der Waals surface area contributed by atoms with Gasteiger partial charge in [-0.15, -0.1) is 11.3 Å². The second-order valence-corrected chi connectivity index (χ2v) is 17.0. The van der Waals surface area contributed by atoms with Gasteiger partial charge in [0.05, 0.1) is 35.8 Å². The van der Waals surface area contributed by atoms with Crippen molar-refractivity contribution in [2.45, 2.75) is 83.1 Å². The maximum atomic E-state index is 14.7. The molecule has 17 nitrogen and oxygen atoms in total. The molecule has 2 fully saturated rings. The Hall–Kier alpha value is -6.31. The Balaban J connectivity index is 0.814. The molecule has 5 N–H and O–H groups in total. The SMILES string of the molecule is O=C1CCC(N2Cc3c(NC(=O)CCNCCn4ncc(CNC(=O)[C@]5(Cc6cccc(Nc7nccs7)n6)CC[C@@H](Oc6cccc(Cl)c6F)CC5)n4)cccc3C2=O)C(=O)N1. The number of piperidine rings is 1. The van der Waals surface area contributed by atoms with E-state index in [1.165, 1.54) is 27.1 Å². The van der Waals surface area contributed by atoms with Crippen LogP contribution >= 0.6 is 22.9 Å². The molecule has 5 amide bonds. The Kier molecular flexibility index (Phi) is 13.3. The van der Waals surface area contributed by atoms with E-state index in [0.717, 1.165) is 5.69 Å². The maximum Gasteiger partial charge on any atom is 0.255 e. The second kappa shape index (κ2) is 19.4. The van der Waals surface area contributed by atoms with Gasteiger partial charge in [-0.2, -0.15) is 15.0 Å². The molecule has 3 aromatic heterocycles. The zero-order valence-corrected chi connectivity index (χ0v) is 35.6. The summed E-state index contributed by atoms with van der Waals surface area (Å²) in [4.78, 5) is 76.3. The van der Waals surface area contributed by atoms with Gasteiger partial charge >= 0.3 is 0 Å². The number of benzene rings is 2. The summed E-state index contributed by atoms with van der Waals surface area (Å²) in [6.07, 6.45) is 5.93. The van der Waals surface area contributed by atoms with Crippen molar-refractivity contribution in [3.05, 3.63) is 106 Å². The van der Waals surface area contributed by atoms with Crippen LogP contribution in [-0.4, -0.2) is 84.6 Å². The van der Waals surface area contributed by atoms with Crippen LogP contribution in [0.2, 0.25) is 5.02 Å². The van der Waals surface area contributed by atoms with Gasteiger partial charge in [0, 0.05) is 73.0 Å². The summed E-state index contributed by atoms with van der Waals surface area (Å²) in [5.41, 5.74) is 2.05. The van der Waals surface area contributed by atoms with E-state index in [4.69, 9.17) is 21.3 Å². The molecule has 1 unspecified atom stereocenters. The maximum absolute atomic E-state index is 14.7. The van der Waals surface area contributed by atoms with Crippen molar-refractivity contribution in [2.75, 3.05) is 23.7 Å². The number of thiazole rings is 1. The smallest absolute Gasteiger partial charge is 0.255 e. The normalized spacial score (nSPS) is 19.7. The first-order valence-corrected chi connectivity index (χ1v) is 22.0. The standard InChI is InChI=1S/C43H45ClFN11O6S/c44-31-6-3-8-34(38(31)45)62-28-12-15-43(16-13-28,22-26-4-1-9-35(50-26)52-42-47-19-21-63-42)41(61)48-23-27-24-49-56(54-27)20-18-46-17-14-37(58)51-32-7-2-5-29-30(32)25-55(40(29)60)33-10-11-36(57)53-39(33)59/h1-9,19,21,24,28,33,46H,10-18,20,22-23,25H2,(H,48,61)(H,51,58)(H,47,50,52)(H,53,57,59)/t28-,33?,43-. The summed E-state index contributed by atoms with van der Waals surface area (Å²) in [5.74, 6) is -1.46. The van der Waals surface area contributed by atoms with Gasteiger partial charge in [0.25, 0.3) is 5.91 Å². The minimum atomic E-state index is -0.820. The van der Waals surface area contributed by atoms with E-state index in [9.17, 15) is 28.4 Å². The molecule has 1 aliphatic carbocycles. The van der Waals surface area contributed by atoms with Crippen LogP contribution in [0.15, 0.2) is 72.4 Å². The van der Waals surface area contributed by atoms with Crippen LogP contribution < -0.4 is 31.3 Å². The zero-order valence-electron chi connectivity index (χ0n) is 34.1. The molecule has 2 aliphatic heterocycles. The molecule has 20 heteroatoms. The monoisotopic (exact) mass is 897 g/mol. The van der Waals surface area contributed by atoms with Crippen LogP contribution in [-0.2, 0) is 45.2 Å². The lowest BCUT2D eigenvalue weighted by atomic mass is 9.69. The third-order valence-corrected chi connectivity index (χ3v) is 12.4. The molecule has 1 saturated carbocycles. The Labute approximate surface area is 370 Å². The Morgan fingerprint density at radius 1 is 1.02 bits per heavy atom. The number of nitrogens with zero attached hydrogens (tertiary/aromatic N) is 6. The number of aromatic nitrogens is 5. The predicted molar refractivity (Wildman–Crippen MR) is 231 cm³/mol. The van der Waals surface area contributed by atoms with Crippen molar-refractivity contribution >= 4 is 69.1 Å². The van der Waals surface area contributed by atoms with Crippen LogP contribution in [0.4, 0.5) is 21.0 Å². The molecule has 5 aromatic rings. The molecule has 0 spiro atoms. The Morgan fingerprint density at radius 3 is 2.65 bits per heavy atom. The van der Waals surface area contributed by atoms with Gasteiger partial charge in [0.15, 0.2) is 16.7 Å². The quantitative estimate of drug-likeness (QED) is 0.0622. The number of hydrogen-bond donors (Lipinski definition) is 5. The van der Waals surface area contributed by atoms with Crippen molar-refractivity contribution in [3.63, 3.8) is 0 Å². The highest BCUT2D eigenvalue weighted by Crippen LogP contribution is 2.41. The number of nitrogens with one attached hydrogen (secondary N) is 5. The number of carbonyl (C=O) groups excluding carboxylic acids is 5. The molecule has 63 heavy (non-hydrogen) atoms. The van der Waals surface area contributed by atoms with E-state index < -0.39 is 23.2 Å². The minimum Gasteiger partial charge on any atom is -0.487 e. The summed E-state index contributed by atoms with van der Waals surface area (Å²) in [7, 11) is 0. The zero-order chi connectivity index (χ0) is 43.9. The first-order chi connectivity index (χ1) is 30.5. The van der Waals surface area contributed by atoms with Crippen molar-refractivity contribution in [3.8, 4) is 5.75 Å². The van der Waals surface area contributed by atoms with E-state index in [2.05, 4.69) is 41.8 Å². The highest BCUT2D eigenvalue weighted by Gasteiger charge is 2.43. The molecule has 8 rings (SSSR count). The molecule has 0 radical (unpaired) electrons. The number of carbonyl (C=O) groups is 5. The largest absolute Gasteiger partial charge is 0.487 e.